The molecule has 108 valence electrons. The van der Waals surface area contributed by atoms with E-state index in [9.17, 15) is 9.59 Å². The molecule has 0 unspecified atom stereocenters. The van der Waals surface area contributed by atoms with Gasteiger partial charge in [0.25, 0.3) is 0 Å². The van der Waals surface area contributed by atoms with E-state index in [1.54, 1.807) is 4.90 Å². The highest BCUT2D eigenvalue weighted by Crippen LogP contribution is 2.07. The van der Waals surface area contributed by atoms with Crippen LogP contribution in [0.1, 0.15) is 19.4 Å². The van der Waals surface area contributed by atoms with Crippen LogP contribution in [0.25, 0.3) is 6.08 Å². The SMILES string of the molecule is CCNC(=O)CN(CC)c1ncc(/C=C/C(=O)O)cn1. The van der Waals surface area contributed by atoms with Crippen LogP contribution in [0.2, 0.25) is 0 Å². The van der Waals surface area contributed by atoms with Crippen molar-refractivity contribution in [3.63, 3.8) is 0 Å². The van der Waals surface area contributed by atoms with Crippen molar-refractivity contribution in [1.29, 1.82) is 0 Å². The molecule has 1 rings (SSSR count). The number of rotatable bonds is 7. The highest BCUT2D eigenvalue weighted by atomic mass is 16.4. The van der Waals surface area contributed by atoms with E-state index in [1.807, 2.05) is 13.8 Å². The van der Waals surface area contributed by atoms with Crippen LogP contribution in [0.15, 0.2) is 18.5 Å². The van der Waals surface area contributed by atoms with Crippen LogP contribution in [0.5, 0.6) is 0 Å². The molecule has 0 aromatic carbocycles. The number of anilines is 1. The second kappa shape index (κ2) is 7.88. The van der Waals surface area contributed by atoms with Gasteiger partial charge in [0.15, 0.2) is 0 Å². The van der Waals surface area contributed by atoms with E-state index in [0.29, 0.717) is 24.6 Å². The van der Waals surface area contributed by atoms with Crippen LogP contribution in [0, 0.1) is 0 Å². The van der Waals surface area contributed by atoms with Gasteiger partial charge in [0.2, 0.25) is 11.9 Å². The number of aromatic nitrogens is 2. The Morgan fingerprint density at radius 2 is 2.00 bits per heavy atom. The number of aliphatic carboxylic acids is 1. The van der Waals surface area contributed by atoms with Crippen molar-refractivity contribution >= 4 is 23.9 Å². The van der Waals surface area contributed by atoms with Gasteiger partial charge in [-0.05, 0) is 19.9 Å². The van der Waals surface area contributed by atoms with Crippen molar-refractivity contribution < 1.29 is 14.7 Å². The first-order valence-corrected chi connectivity index (χ1v) is 6.31. The molecule has 20 heavy (non-hydrogen) atoms. The summed E-state index contributed by atoms with van der Waals surface area (Å²) in [4.78, 5) is 31.9. The van der Waals surface area contributed by atoms with Crippen LogP contribution in [-0.4, -0.2) is 46.6 Å². The number of amides is 1. The van der Waals surface area contributed by atoms with Crippen LogP contribution in [-0.2, 0) is 9.59 Å². The summed E-state index contributed by atoms with van der Waals surface area (Å²) in [6.45, 7) is 5.13. The smallest absolute Gasteiger partial charge is 0.328 e. The van der Waals surface area contributed by atoms with Crippen LogP contribution in [0.4, 0.5) is 5.95 Å². The molecule has 1 amide bonds. The van der Waals surface area contributed by atoms with Crippen LogP contribution >= 0.6 is 0 Å². The number of hydrogen-bond donors (Lipinski definition) is 2. The molecule has 0 aliphatic carbocycles. The Bertz CT molecular complexity index is 485. The zero-order valence-corrected chi connectivity index (χ0v) is 11.5. The number of nitrogens with zero attached hydrogens (tertiary/aromatic N) is 3. The third-order valence-electron chi connectivity index (χ3n) is 2.45. The number of carboxylic acids is 1. The van der Waals surface area contributed by atoms with Crippen molar-refractivity contribution in [2.24, 2.45) is 0 Å². The van der Waals surface area contributed by atoms with Gasteiger partial charge in [0.1, 0.15) is 0 Å². The van der Waals surface area contributed by atoms with Gasteiger partial charge in [-0.25, -0.2) is 14.8 Å². The molecule has 0 spiro atoms. The van der Waals surface area contributed by atoms with Crippen molar-refractivity contribution in [3.8, 4) is 0 Å². The minimum Gasteiger partial charge on any atom is -0.478 e. The first-order chi connectivity index (χ1) is 9.56. The van der Waals surface area contributed by atoms with Gasteiger partial charge in [-0.2, -0.15) is 0 Å². The second-order valence-corrected chi connectivity index (χ2v) is 3.96. The maximum absolute atomic E-state index is 11.5. The van der Waals surface area contributed by atoms with Gasteiger partial charge < -0.3 is 15.3 Å². The maximum Gasteiger partial charge on any atom is 0.328 e. The molecular formula is C13H18N4O3. The topological polar surface area (TPSA) is 95.4 Å². The fourth-order valence-electron chi connectivity index (χ4n) is 1.50. The molecule has 0 radical (unpaired) electrons. The number of carbonyl (C=O) groups is 2. The summed E-state index contributed by atoms with van der Waals surface area (Å²) in [6, 6.07) is 0. The molecule has 0 aliphatic heterocycles. The Labute approximate surface area is 117 Å². The van der Waals surface area contributed by atoms with Gasteiger partial charge in [-0.3, -0.25) is 4.79 Å². The lowest BCUT2D eigenvalue weighted by atomic mass is 10.3. The Balaban J connectivity index is 2.74. The minimum atomic E-state index is -1.03. The number of carbonyl (C=O) groups excluding carboxylic acids is 1. The zero-order chi connectivity index (χ0) is 15.0. The lowest BCUT2D eigenvalue weighted by Gasteiger charge is -2.19. The van der Waals surface area contributed by atoms with Gasteiger partial charge in [-0.15, -0.1) is 0 Å². The maximum atomic E-state index is 11.5. The summed E-state index contributed by atoms with van der Waals surface area (Å²) < 4.78 is 0. The summed E-state index contributed by atoms with van der Waals surface area (Å²) in [5.74, 6) is -0.681. The Morgan fingerprint density at radius 3 is 2.50 bits per heavy atom. The van der Waals surface area contributed by atoms with Crippen molar-refractivity contribution in [1.82, 2.24) is 15.3 Å². The van der Waals surface area contributed by atoms with E-state index < -0.39 is 5.97 Å². The highest BCUT2D eigenvalue weighted by Gasteiger charge is 2.11. The fraction of sp³-hybridized carbons (Fsp3) is 0.385. The van der Waals surface area contributed by atoms with E-state index in [-0.39, 0.29) is 12.5 Å². The first kappa shape index (κ1) is 15.6. The molecular weight excluding hydrogens is 260 g/mol. The van der Waals surface area contributed by atoms with E-state index in [1.165, 1.54) is 18.5 Å². The summed E-state index contributed by atoms with van der Waals surface area (Å²) in [5, 5.41) is 11.2. The molecule has 1 aromatic rings. The summed E-state index contributed by atoms with van der Waals surface area (Å²) >= 11 is 0. The number of likely N-dealkylation sites (N-methyl/N-ethyl adjacent to an activating group) is 2. The molecule has 1 heterocycles. The van der Waals surface area contributed by atoms with Crippen LogP contribution < -0.4 is 10.2 Å². The number of carboxylic acid groups (broad SMARTS) is 1. The fourth-order valence-corrected chi connectivity index (χ4v) is 1.50. The first-order valence-electron chi connectivity index (χ1n) is 6.31. The van der Waals surface area contributed by atoms with E-state index >= 15 is 0 Å². The van der Waals surface area contributed by atoms with E-state index in [2.05, 4.69) is 15.3 Å². The zero-order valence-electron chi connectivity index (χ0n) is 11.5. The normalized spacial score (nSPS) is 10.5. The van der Waals surface area contributed by atoms with Gasteiger partial charge in [0, 0.05) is 37.1 Å². The lowest BCUT2D eigenvalue weighted by molar-refractivity contribution is -0.131. The van der Waals surface area contributed by atoms with Crippen molar-refractivity contribution in [2.45, 2.75) is 13.8 Å². The molecule has 0 saturated heterocycles. The lowest BCUT2D eigenvalue weighted by Crippen LogP contribution is -2.37. The van der Waals surface area contributed by atoms with E-state index in [0.717, 1.165) is 6.08 Å². The summed E-state index contributed by atoms with van der Waals surface area (Å²) in [7, 11) is 0. The third-order valence-corrected chi connectivity index (χ3v) is 2.45. The quantitative estimate of drug-likeness (QED) is 0.707. The molecule has 2 N–H and O–H groups in total. The molecule has 0 aliphatic rings. The molecule has 0 atom stereocenters. The molecule has 1 aromatic heterocycles. The summed E-state index contributed by atoms with van der Waals surface area (Å²) in [6.07, 6.45) is 5.46. The molecule has 0 saturated carbocycles. The molecule has 0 fully saturated rings. The monoisotopic (exact) mass is 278 g/mol. The van der Waals surface area contributed by atoms with Crippen molar-refractivity contribution in [3.05, 3.63) is 24.0 Å². The molecule has 7 heteroatoms. The second-order valence-electron chi connectivity index (χ2n) is 3.96. The van der Waals surface area contributed by atoms with Crippen LogP contribution in [0.3, 0.4) is 0 Å². The summed E-state index contributed by atoms with van der Waals surface area (Å²) in [5.41, 5.74) is 0.588. The van der Waals surface area contributed by atoms with Gasteiger partial charge >= 0.3 is 5.97 Å². The minimum absolute atomic E-state index is 0.0900. The molecule has 0 bridgehead atoms. The average molecular weight is 278 g/mol. The van der Waals surface area contributed by atoms with Gasteiger partial charge in [0.05, 0.1) is 6.54 Å². The highest BCUT2D eigenvalue weighted by molar-refractivity contribution is 5.85. The van der Waals surface area contributed by atoms with E-state index in [4.69, 9.17) is 5.11 Å². The molecule has 7 nitrogen and oxygen atoms in total. The largest absolute Gasteiger partial charge is 0.478 e. The predicted octanol–water partition coefficient (Wildman–Crippen LogP) is 0.537. The van der Waals surface area contributed by atoms with Crippen molar-refractivity contribution in [2.75, 3.05) is 24.5 Å². The van der Waals surface area contributed by atoms with Gasteiger partial charge in [-0.1, -0.05) is 0 Å². The number of nitrogens with one attached hydrogen (secondary N) is 1. The standard InChI is InChI=1S/C13H18N4O3/c1-3-14-11(18)9-17(4-2)13-15-7-10(8-16-13)5-6-12(19)20/h5-8H,3-4,9H2,1-2H3,(H,14,18)(H,19,20)/b6-5+. The Morgan fingerprint density at radius 1 is 1.35 bits per heavy atom. The Kier molecular flexibility index (Phi) is 6.15. The Hall–Kier alpha value is -2.44. The average Bonchev–Trinajstić information content (AvgIpc) is 2.43. The number of hydrogen-bond acceptors (Lipinski definition) is 5. The predicted molar refractivity (Wildman–Crippen MR) is 75.3 cm³/mol. The third kappa shape index (κ3) is 5.05.